The van der Waals surface area contributed by atoms with Gasteiger partial charge in [0.05, 0.1) is 0 Å². The van der Waals surface area contributed by atoms with Gasteiger partial charge in [-0.3, -0.25) is 4.90 Å². The van der Waals surface area contributed by atoms with Crippen molar-refractivity contribution >= 4 is 0 Å². The van der Waals surface area contributed by atoms with E-state index in [2.05, 4.69) is 32.6 Å². The molecule has 1 aliphatic rings. The monoisotopic (exact) mass is 141 g/mol. The second kappa shape index (κ2) is 2.91. The van der Waals surface area contributed by atoms with E-state index in [9.17, 15) is 0 Å². The van der Waals surface area contributed by atoms with Crippen LogP contribution in [0.5, 0.6) is 0 Å². The Bertz CT molecular complexity index is 93.3. The molecule has 0 aliphatic carbocycles. The molecule has 1 aliphatic heterocycles. The summed E-state index contributed by atoms with van der Waals surface area (Å²) in [6.45, 7) is 10.5. The van der Waals surface area contributed by atoms with Crippen LogP contribution in [0.3, 0.4) is 0 Å². The zero-order chi connectivity index (χ0) is 7.72. The van der Waals surface area contributed by atoms with Crippen molar-refractivity contribution in [2.24, 2.45) is 5.92 Å². The molecule has 60 valence electrons. The van der Waals surface area contributed by atoms with Gasteiger partial charge in [-0.15, -0.1) is 0 Å². The first-order valence-electron chi connectivity index (χ1n) is 4.38. The summed E-state index contributed by atoms with van der Waals surface area (Å²) in [6.07, 6.45) is 1.41. The highest BCUT2D eigenvalue weighted by atomic mass is 15.2. The van der Waals surface area contributed by atoms with Crippen LogP contribution in [-0.2, 0) is 0 Å². The minimum atomic E-state index is 0.751. The summed E-state index contributed by atoms with van der Waals surface area (Å²) in [6, 6.07) is 1.63. The van der Waals surface area contributed by atoms with Gasteiger partial charge in [0.1, 0.15) is 0 Å². The highest BCUT2D eigenvalue weighted by Gasteiger charge is 2.31. The molecule has 0 radical (unpaired) electrons. The van der Waals surface area contributed by atoms with Crippen LogP contribution >= 0.6 is 0 Å². The van der Waals surface area contributed by atoms with Crippen LogP contribution in [0.15, 0.2) is 0 Å². The van der Waals surface area contributed by atoms with Gasteiger partial charge in [0, 0.05) is 18.6 Å². The average molecular weight is 141 g/mol. The van der Waals surface area contributed by atoms with Gasteiger partial charge in [0.25, 0.3) is 0 Å². The van der Waals surface area contributed by atoms with E-state index in [4.69, 9.17) is 0 Å². The zero-order valence-electron chi connectivity index (χ0n) is 7.59. The van der Waals surface area contributed by atoms with Gasteiger partial charge in [-0.1, -0.05) is 13.8 Å². The van der Waals surface area contributed by atoms with E-state index < -0.39 is 0 Å². The molecule has 0 amide bonds. The number of hydrogen-bond donors (Lipinski definition) is 0. The molecule has 0 aromatic heterocycles. The number of likely N-dealkylation sites (tertiary alicyclic amines) is 1. The normalized spacial score (nSPS) is 27.6. The first kappa shape index (κ1) is 8.06. The quantitative estimate of drug-likeness (QED) is 0.569. The first-order chi connectivity index (χ1) is 4.63. The summed E-state index contributed by atoms with van der Waals surface area (Å²) >= 11 is 0. The predicted octanol–water partition coefficient (Wildman–Crippen LogP) is 2.13. The summed E-state index contributed by atoms with van der Waals surface area (Å²) in [4.78, 5) is 2.59. The third-order valence-electron chi connectivity index (χ3n) is 2.54. The van der Waals surface area contributed by atoms with E-state index in [-0.39, 0.29) is 0 Å². The van der Waals surface area contributed by atoms with E-state index in [1.165, 1.54) is 13.0 Å². The highest BCUT2D eigenvalue weighted by molar-refractivity contribution is 4.86. The van der Waals surface area contributed by atoms with Crippen LogP contribution in [0.4, 0.5) is 0 Å². The Kier molecular flexibility index (Phi) is 2.35. The van der Waals surface area contributed by atoms with Crippen molar-refractivity contribution in [2.75, 3.05) is 6.54 Å². The Morgan fingerprint density at radius 3 is 1.90 bits per heavy atom. The Hall–Kier alpha value is -0.0400. The van der Waals surface area contributed by atoms with E-state index >= 15 is 0 Å². The highest BCUT2D eigenvalue weighted by Crippen LogP contribution is 2.26. The molecule has 1 rings (SSSR count). The fourth-order valence-corrected chi connectivity index (χ4v) is 1.78. The molecular weight excluding hydrogens is 122 g/mol. The van der Waals surface area contributed by atoms with Crippen molar-refractivity contribution < 1.29 is 0 Å². The van der Waals surface area contributed by atoms with Crippen LogP contribution in [0, 0.1) is 5.92 Å². The lowest BCUT2D eigenvalue weighted by Gasteiger charge is -2.46. The Morgan fingerprint density at radius 1 is 1.20 bits per heavy atom. The lowest BCUT2D eigenvalue weighted by molar-refractivity contribution is 0.0265. The molecule has 1 heteroatoms. The van der Waals surface area contributed by atoms with Crippen LogP contribution in [0.1, 0.15) is 34.1 Å². The van der Waals surface area contributed by atoms with Gasteiger partial charge in [-0.05, 0) is 26.2 Å². The van der Waals surface area contributed by atoms with Gasteiger partial charge in [0.2, 0.25) is 0 Å². The lowest BCUT2D eigenvalue weighted by Crippen LogP contribution is -2.53. The molecule has 0 aromatic carbocycles. The molecule has 10 heavy (non-hydrogen) atoms. The third kappa shape index (κ3) is 1.34. The van der Waals surface area contributed by atoms with Crippen LogP contribution in [0.2, 0.25) is 0 Å². The molecule has 0 bridgehead atoms. The van der Waals surface area contributed by atoms with Gasteiger partial charge < -0.3 is 0 Å². The summed E-state index contributed by atoms with van der Waals surface area (Å²) in [5.41, 5.74) is 0. The number of hydrogen-bond acceptors (Lipinski definition) is 1. The van der Waals surface area contributed by atoms with Crippen molar-refractivity contribution in [1.29, 1.82) is 0 Å². The molecule has 1 fully saturated rings. The topological polar surface area (TPSA) is 3.24 Å². The predicted molar refractivity (Wildman–Crippen MR) is 45.1 cm³/mol. The van der Waals surface area contributed by atoms with Gasteiger partial charge >= 0.3 is 0 Å². The minimum absolute atomic E-state index is 0.751. The molecule has 1 nitrogen and oxygen atoms in total. The van der Waals surface area contributed by atoms with Crippen molar-refractivity contribution in [3.63, 3.8) is 0 Å². The number of rotatable bonds is 2. The average Bonchev–Trinajstić information content (AvgIpc) is 1.56. The maximum atomic E-state index is 2.59. The summed E-state index contributed by atoms with van der Waals surface area (Å²) in [7, 11) is 0. The van der Waals surface area contributed by atoms with Gasteiger partial charge in [-0.2, -0.15) is 0 Å². The maximum absolute atomic E-state index is 2.59. The Labute approximate surface area is 64.4 Å². The SMILES string of the molecule is CC(C)[C@@H]1CCN1C(C)C. The summed E-state index contributed by atoms with van der Waals surface area (Å²) < 4.78 is 0. The first-order valence-corrected chi connectivity index (χ1v) is 4.38. The molecule has 0 aromatic rings. The molecule has 0 N–H and O–H groups in total. The summed E-state index contributed by atoms with van der Waals surface area (Å²) in [5, 5.41) is 0. The third-order valence-corrected chi connectivity index (χ3v) is 2.54. The standard InChI is InChI=1S/C9H19N/c1-7(2)9-5-6-10(9)8(3)4/h7-9H,5-6H2,1-4H3/t9-/m0/s1. The minimum Gasteiger partial charge on any atom is -0.298 e. The van der Waals surface area contributed by atoms with Crippen molar-refractivity contribution in [3.05, 3.63) is 0 Å². The van der Waals surface area contributed by atoms with Crippen molar-refractivity contribution in [3.8, 4) is 0 Å². The van der Waals surface area contributed by atoms with Crippen LogP contribution in [0.25, 0.3) is 0 Å². The van der Waals surface area contributed by atoms with Gasteiger partial charge in [0.15, 0.2) is 0 Å². The molecule has 1 heterocycles. The summed E-state index contributed by atoms with van der Waals surface area (Å²) in [5.74, 6) is 0.844. The smallest absolute Gasteiger partial charge is 0.0133 e. The molecule has 1 atom stereocenters. The van der Waals surface area contributed by atoms with Crippen molar-refractivity contribution in [2.45, 2.75) is 46.2 Å². The van der Waals surface area contributed by atoms with Crippen molar-refractivity contribution in [1.82, 2.24) is 4.90 Å². The lowest BCUT2D eigenvalue weighted by atomic mass is 9.90. The van der Waals surface area contributed by atoms with Crippen LogP contribution in [-0.4, -0.2) is 23.5 Å². The van der Waals surface area contributed by atoms with Crippen LogP contribution < -0.4 is 0 Å². The van der Waals surface area contributed by atoms with E-state index in [0.717, 1.165) is 18.0 Å². The maximum Gasteiger partial charge on any atom is 0.0133 e. The second-order valence-electron chi connectivity index (χ2n) is 3.93. The molecule has 0 spiro atoms. The molecule has 0 unspecified atom stereocenters. The fraction of sp³-hybridized carbons (Fsp3) is 1.00. The fourth-order valence-electron chi connectivity index (χ4n) is 1.78. The molecule has 1 saturated heterocycles. The van der Waals surface area contributed by atoms with E-state index in [0.29, 0.717) is 0 Å². The largest absolute Gasteiger partial charge is 0.298 e. The van der Waals surface area contributed by atoms with E-state index in [1.807, 2.05) is 0 Å². The Balaban J connectivity index is 2.36. The molecule has 0 saturated carbocycles. The Morgan fingerprint density at radius 2 is 1.80 bits per heavy atom. The molecular formula is C9H19N. The number of nitrogens with zero attached hydrogens (tertiary/aromatic N) is 1. The van der Waals surface area contributed by atoms with E-state index in [1.54, 1.807) is 0 Å². The van der Waals surface area contributed by atoms with Gasteiger partial charge in [-0.25, -0.2) is 0 Å². The zero-order valence-corrected chi connectivity index (χ0v) is 7.59. The second-order valence-corrected chi connectivity index (χ2v) is 3.93.